The molecule has 1 aromatic rings. The van der Waals surface area contributed by atoms with E-state index in [1.54, 1.807) is 7.11 Å². The lowest BCUT2D eigenvalue weighted by molar-refractivity contribution is 0.354. The van der Waals surface area contributed by atoms with Gasteiger partial charge in [0.15, 0.2) is 0 Å². The number of halogens is 1. The molecule has 0 fully saturated rings. The normalized spacial score (nSPS) is 14.5. The molecule has 1 aromatic heterocycles. The summed E-state index contributed by atoms with van der Waals surface area (Å²) < 4.78 is 5.45. The molecule has 2 nitrogen and oxygen atoms in total. The summed E-state index contributed by atoms with van der Waals surface area (Å²) in [5, 5.41) is 0.994. The largest absolute Gasteiger partial charge is 0.496 e. The van der Waals surface area contributed by atoms with Gasteiger partial charge in [-0.1, -0.05) is 29.8 Å². The fourth-order valence-corrected chi connectivity index (χ4v) is 2.52. The van der Waals surface area contributed by atoms with Gasteiger partial charge in [-0.15, -0.1) is 0 Å². The molecule has 0 aromatic carbocycles. The van der Waals surface area contributed by atoms with Crippen molar-refractivity contribution in [3.63, 3.8) is 0 Å². The van der Waals surface area contributed by atoms with Crippen LogP contribution in [0.5, 0.6) is 5.75 Å². The van der Waals surface area contributed by atoms with Gasteiger partial charge in [-0.25, -0.2) is 0 Å². The van der Waals surface area contributed by atoms with Crippen LogP contribution in [0.1, 0.15) is 37.1 Å². The van der Waals surface area contributed by atoms with Gasteiger partial charge in [-0.05, 0) is 32.1 Å². The van der Waals surface area contributed by atoms with Crippen molar-refractivity contribution >= 4 is 15.9 Å². The molecule has 0 saturated carbocycles. The van der Waals surface area contributed by atoms with E-state index in [2.05, 4.69) is 41.7 Å². The zero-order valence-corrected chi connectivity index (χ0v) is 13.0. The molecular formula is C14H22BrNO. The van der Waals surface area contributed by atoms with Crippen molar-refractivity contribution in [1.82, 2.24) is 4.98 Å². The molecule has 0 aliphatic carbocycles. The minimum atomic E-state index is 0.262. The third-order valence-electron chi connectivity index (χ3n) is 3.52. The van der Waals surface area contributed by atoms with Crippen LogP contribution in [0.4, 0.5) is 0 Å². The van der Waals surface area contributed by atoms with Crippen molar-refractivity contribution in [3.05, 3.63) is 23.0 Å². The lowest BCUT2D eigenvalue weighted by Crippen LogP contribution is -2.21. The average Bonchev–Trinajstić information content (AvgIpc) is 2.33. The predicted octanol–water partition coefficient (Wildman–Crippen LogP) is 4.06. The average molecular weight is 300 g/mol. The second-order valence-electron chi connectivity index (χ2n) is 5.02. The van der Waals surface area contributed by atoms with Gasteiger partial charge in [0.1, 0.15) is 5.75 Å². The van der Waals surface area contributed by atoms with Crippen molar-refractivity contribution in [2.75, 3.05) is 12.4 Å². The van der Waals surface area contributed by atoms with Crippen LogP contribution in [0.2, 0.25) is 0 Å². The topological polar surface area (TPSA) is 22.1 Å². The number of pyridine rings is 1. The molecule has 0 radical (unpaired) electrons. The van der Waals surface area contributed by atoms with Crippen LogP contribution in [0, 0.1) is 19.3 Å². The van der Waals surface area contributed by atoms with Gasteiger partial charge >= 0.3 is 0 Å². The molecule has 0 aliphatic heterocycles. The monoisotopic (exact) mass is 299 g/mol. The van der Waals surface area contributed by atoms with E-state index in [4.69, 9.17) is 4.74 Å². The molecule has 1 rings (SSSR count). The number of hydrogen-bond acceptors (Lipinski definition) is 2. The zero-order valence-electron chi connectivity index (χ0n) is 11.4. The molecule has 96 valence electrons. The first-order valence-electron chi connectivity index (χ1n) is 6.02. The van der Waals surface area contributed by atoms with Gasteiger partial charge in [0.05, 0.1) is 7.11 Å². The van der Waals surface area contributed by atoms with Crippen molar-refractivity contribution in [2.24, 2.45) is 5.41 Å². The number of ether oxygens (including phenoxy) is 1. The molecule has 1 heterocycles. The summed E-state index contributed by atoms with van der Waals surface area (Å²) in [6.07, 6.45) is 4.03. The molecule has 0 N–H and O–H groups in total. The van der Waals surface area contributed by atoms with Crippen molar-refractivity contribution in [3.8, 4) is 5.75 Å². The van der Waals surface area contributed by atoms with E-state index in [0.29, 0.717) is 0 Å². The number of alkyl halides is 1. The summed E-state index contributed by atoms with van der Waals surface area (Å²) in [5.41, 5.74) is 3.69. The van der Waals surface area contributed by atoms with E-state index in [1.807, 2.05) is 13.1 Å². The maximum atomic E-state index is 5.45. The second kappa shape index (κ2) is 5.85. The van der Waals surface area contributed by atoms with Gasteiger partial charge in [0.25, 0.3) is 0 Å². The van der Waals surface area contributed by atoms with E-state index in [-0.39, 0.29) is 5.41 Å². The molecular weight excluding hydrogens is 278 g/mol. The Morgan fingerprint density at radius 2 is 2.06 bits per heavy atom. The van der Waals surface area contributed by atoms with Crippen LogP contribution in [0.3, 0.4) is 0 Å². The molecule has 1 atom stereocenters. The highest BCUT2D eigenvalue weighted by Crippen LogP contribution is 2.32. The van der Waals surface area contributed by atoms with Gasteiger partial charge in [-0.3, -0.25) is 4.98 Å². The van der Waals surface area contributed by atoms with Crippen LogP contribution in [-0.2, 0) is 6.42 Å². The lowest BCUT2D eigenvalue weighted by Gasteiger charge is -2.26. The summed E-state index contributed by atoms with van der Waals surface area (Å²) in [6, 6.07) is 0. The predicted molar refractivity (Wildman–Crippen MR) is 76.2 cm³/mol. The fourth-order valence-electron chi connectivity index (χ4n) is 1.92. The van der Waals surface area contributed by atoms with Crippen LogP contribution in [-0.4, -0.2) is 17.4 Å². The minimum Gasteiger partial charge on any atom is -0.496 e. The Labute approximate surface area is 113 Å². The highest BCUT2D eigenvalue weighted by molar-refractivity contribution is 9.09. The minimum absolute atomic E-state index is 0.262. The first-order chi connectivity index (χ1) is 7.97. The van der Waals surface area contributed by atoms with Crippen LogP contribution in [0.15, 0.2) is 6.20 Å². The molecule has 0 bridgehead atoms. The molecule has 1 unspecified atom stereocenters. The van der Waals surface area contributed by atoms with Crippen molar-refractivity contribution < 1.29 is 4.74 Å². The van der Waals surface area contributed by atoms with Crippen LogP contribution >= 0.6 is 15.9 Å². The summed E-state index contributed by atoms with van der Waals surface area (Å²) in [4.78, 5) is 4.57. The fraction of sp³-hybridized carbons (Fsp3) is 0.643. The molecule has 0 aliphatic rings. The SMILES string of the molecule is CCC(C)(CBr)Cc1ncc(C)c(OC)c1C. The Morgan fingerprint density at radius 1 is 1.41 bits per heavy atom. The number of nitrogens with zero attached hydrogens (tertiary/aromatic N) is 1. The summed E-state index contributed by atoms with van der Waals surface area (Å²) in [7, 11) is 1.72. The Hall–Kier alpha value is -0.570. The molecule has 0 amide bonds. The standard InChI is InChI=1S/C14H22BrNO/c1-6-14(4,9-15)7-12-11(3)13(17-5)10(2)8-16-12/h8H,6-7,9H2,1-5H3. The number of aryl methyl sites for hydroxylation is 1. The van der Waals surface area contributed by atoms with E-state index < -0.39 is 0 Å². The highest BCUT2D eigenvalue weighted by atomic mass is 79.9. The third-order valence-corrected chi connectivity index (χ3v) is 4.87. The number of methoxy groups -OCH3 is 1. The van der Waals surface area contributed by atoms with Crippen LogP contribution in [0.25, 0.3) is 0 Å². The maximum Gasteiger partial charge on any atom is 0.128 e. The smallest absolute Gasteiger partial charge is 0.128 e. The first-order valence-corrected chi connectivity index (χ1v) is 7.14. The van der Waals surface area contributed by atoms with Gasteiger partial charge in [0.2, 0.25) is 0 Å². The zero-order chi connectivity index (χ0) is 13.1. The van der Waals surface area contributed by atoms with E-state index in [1.165, 1.54) is 5.56 Å². The summed E-state index contributed by atoms with van der Waals surface area (Å²) in [5.74, 6) is 0.975. The Kier molecular flexibility index (Phi) is 4.99. The van der Waals surface area contributed by atoms with Crippen molar-refractivity contribution in [2.45, 2.75) is 40.5 Å². The second-order valence-corrected chi connectivity index (χ2v) is 5.58. The lowest BCUT2D eigenvalue weighted by atomic mass is 9.84. The highest BCUT2D eigenvalue weighted by Gasteiger charge is 2.23. The van der Waals surface area contributed by atoms with E-state index in [9.17, 15) is 0 Å². The molecule has 17 heavy (non-hydrogen) atoms. The maximum absolute atomic E-state index is 5.45. The van der Waals surface area contributed by atoms with Gasteiger partial charge in [-0.2, -0.15) is 0 Å². The van der Waals surface area contributed by atoms with Gasteiger partial charge in [0, 0.05) is 28.3 Å². The number of rotatable bonds is 5. The molecule has 0 spiro atoms. The van der Waals surface area contributed by atoms with E-state index >= 15 is 0 Å². The van der Waals surface area contributed by atoms with Crippen LogP contribution < -0.4 is 4.74 Å². The quantitative estimate of drug-likeness (QED) is 0.765. The Balaban J connectivity index is 3.08. The Bertz CT molecular complexity index is 386. The summed E-state index contributed by atoms with van der Waals surface area (Å²) >= 11 is 3.61. The van der Waals surface area contributed by atoms with Gasteiger partial charge < -0.3 is 4.74 Å². The summed E-state index contributed by atoms with van der Waals surface area (Å²) in [6.45, 7) is 8.64. The number of hydrogen-bond donors (Lipinski definition) is 0. The molecule has 0 saturated heterocycles. The number of aromatic nitrogens is 1. The third kappa shape index (κ3) is 3.21. The van der Waals surface area contributed by atoms with Crippen molar-refractivity contribution in [1.29, 1.82) is 0 Å². The van der Waals surface area contributed by atoms with E-state index in [0.717, 1.165) is 35.2 Å². The first kappa shape index (κ1) is 14.5. The molecule has 3 heteroatoms. The Morgan fingerprint density at radius 3 is 2.53 bits per heavy atom.